The number of hydrogen-bond donors (Lipinski definition) is 0. The minimum Gasteiger partial charge on any atom is -0.488 e. The van der Waals surface area contributed by atoms with Gasteiger partial charge in [0.25, 0.3) is 5.69 Å². The Labute approximate surface area is 166 Å². The highest BCUT2D eigenvalue weighted by molar-refractivity contribution is 5.82. The molecule has 0 atom stereocenters. The Kier molecular flexibility index (Phi) is 5.18. The average molecular weight is 396 g/mol. The normalized spacial score (nSPS) is 14.2. The molecule has 0 unspecified atom stereocenters. The van der Waals surface area contributed by atoms with Gasteiger partial charge in [-0.05, 0) is 36.8 Å². The van der Waals surface area contributed by atoms with E-state index in [1.165, 1.54) is 18.2 Å². The van der Waals surface area contributed by atoms with Gasteiger partial charge in [0, 0.05) is 36.9 Å². The fourth-order valence-corrected chi connectivity index (χ4v) is 3.29. The highest BCUT2D eigenvalue weighted by atomic mass is 16.6. The molecule has 4 rings (SSSR count). The third-order valence-electron chi connectivity index (χ3n) is 4.95. The number of nitrogens with zero attached hydrogens (tertiary/aromatic N) is 2. The summed E-state index contributed by atoms with van der Waals surface area (Å²) in [7, 11) is 0. The Morgan fingerprint density at radius 1 is 1.14 bits per heavy atom. The summed E-state index contributed by atoms with van der Waals surface area (Å²) in [6.07, 6.45) is 0. The summed E-state index contributed by atoms with van der Waals surface area (Å²) in [4.78, 5) is 24.9. The predicted molar refractivity (Wildman–Crippen MR) is 108 cm³/mol. The Balaban J connectivity index is 1.60. The van der Waals surface area contributed by atoms with Crippen LogP contribution in [0.1, 0.15) is 11.1 Å². The van der Waals surface area contributed by atoms with Gasteiger partial charge >= 0.3 is 0 Å². The number of non-ortho nitro benzene ring substituents is 1. The van der Waals surface area contributed by atoms with Crippen LogP contribution >= 0.6 is 0 Å². The second kappa shape index (κ2) is 7.92. The maximum Gasteiger partial charge on any atom is 0.269 e. The summed E-state index contributed by atoms with van der Waals surface area (Å²) in [6.45, 7) is 4.63. The van der Waals surface area contributed by atoms with Crippen molar-refractivity contribution in [3.63, 3.8) is 0 Å². The third-order valence-corrected chi connectivity index (χ3v) is 4.95. The maximum atomic E-state index is 12.6. The van der Waals surface area contributed by atoms with Crippen molar-refractivity contribution in [3.8, 4) is 5.75 Å². The first-order valence-corrected chi connectivity index (χ1v) is 9.29. The summed E-state index contributed by atoms with van der Waals surface area (Å²) < 4.78 is 17.3. The quantitative estimate of drug-likeness (QED) is 0.482. The van der Waals surface area contributed by atoms with E-state index < -0.39 is 4.92 Å². The molecule has 2 aromatic carbocycles. The summed E-state index contributed by atoms with van der Waals surface area (Å²) in [6, 6.07) is 11.2. The lowest BCUT2D eigenvalue weighted by molar-refractivity contribution is -0.384. The van der Waals surface area contributed by atoms with Crippen LogP contribution in [0.2, 0.25) is 0 Å². The van der Waals surface area contributed by atoms with Gasteiger partial charge < -0.3 is 18.8 Å². The van der Waals surface area contributed by atoms with Gasteiger partial charge in [-0.2, -0.15) is 0 Å². The topological polar surface area (TPSA) is 95.0 Å². The van der Waals surface area contributed by atoms with Crippen LogP contribution in [-0.2, 0) is 11.3 Å². The first kappa shape index (κ1) is 18.9. The first-order chi connectivity index (χ1) is 14.0. The van der Waals surface area contributed by atoms with Crippen LogP contribution in [0.4, 0.5) is 11.6 Å². The van der Waals surface area contributed by atoms with Crippen LogP contribution in [0.15, 0.2) is 51.7 Å². The Hall–Kier alpha value is -3.39. The van der Waals surface area contributed by atoms with Gasteiger partial charge in [-0.1, -0.05) is 0 Å². The van der Waals surface area contributed by atoms with Crippen molar-refractivity contribution in [1.82, 2.24) is 0 Å². The van der Waals surface area contributed by atoms with Crippen LogP contribution in [0.25, 0.3) is 11.0 Å². The summed E-state index contributed by atoms with van der Waals surface area (Å²) in [5, 5.41) is 11.3. The van der Waals surface area contributed by atoms with E-state index in [0.29, 0.717) is 48.9 Å². The van der Waals surface area contributed by atoms with E-state index in [-0.39, 0.29) is 17.7 Å². The van der Waals surface area contributed by atoms with E-state index in [4.69, 9.17) is 13.9 Å². The number of hydrogen-bond acceptors (Lipinski definition) is 7. The van der Waals surface area contributed by atoms with Crippen LogP contribution in [0, 0.1) is 17.0 Å². The van der Waals surface area contributed by atoms with Crippen molar-refractivity contribution in [1.29, 1.82) is 0 Å². The molecule has 2 heterocycles. The zero-order valence-corrected chi connectivity index (χ0v) is 15.9. The molecule has 3 aromatic rings. The lowest BCUT2D eigenvalue weighted by Gasteiger charge is -2.27. The first-order valence-electron chi connectivity index (χ1n) is 9.29. The van der Waals surface area contributed by atoms with E-state index in [1.54, 1.807) is 24.3 Å². The Bertz CT molecular complexity index is 1100. The summed E-state index contributed by atoms with van der Waals surface area (Å²) in [5.74, 6) is 1.12. The van der Waals surface area contributed by atoms with Crippen LogP contribution in [0.3, 0.4) is 0 Å². The Morgan fingerprint density at radius 3 is 2.55 bits per heavy atom. The monoisotopic (exact) mass is 396 g/mol. The molecule has 150 valence electrons. The number of morpholine rings is 1. The maximum absolute atomic E-state index is 12.6. The van der Waals surface area contributed by atoms with Crippen molar-refractivity contribution >= 4 is 22.5 Å². The molecule has 1 aromatic heterocycles. The van der Waals surface area contributed by atoms with Gasteiger partial charge in [-0.15, -0.1) is 0 Å². The molecule has 0 saturated carbocycles. The molecule has 0 spiro atoms. The van der Waals surface area contributed by atoms with Gasteiger partial charge in [0.2, 0.25) is 0 Å². The lowest BCUT2D eigenvalue weighted by Crippen LogP contribution is -2.36. The SMILES string of the molecule is Cc1c(OCc2ccc([N+](=O)[O-])cc2)ccc2c(=O)cc(N3CCOCC3)oc12. The number of ether oxygens (including phenoxy) is 2. The molecule has 1 aliphatic rings. The molecule has 0 aliphatic carbocycles. The number of nitro benzene ring substituents is 1. The molecular formula is C21H20N2O6. The van der Waals surface area contributed by atoms with Crippen molar-refractivity contribution < 1.29 is 18.8 Å². The summed E-state index contributed by atoms with van der Waals surface area (Å²) >= 11 is 0. The fraction of sp³-hybridized carbons (Fsp3) is 0.286. The van der Waals surface area contributed by atoms with E-state index in [1.807, 2.05) is 11.8 Å². The molecular weight excluding hydrogens is 376 g/mol. The number of benzene rings is 2. The number of rotatable bonds is 5. The van der Waals surface area contributed by atoms with Gasteiger partial charge in [0.05, 0.1) is 23.5 Å². The van der Waals surface area contributed by atoms with Gasteiger partial charge in [0.15, 0.2) is 11.3 Å². The standard InChI is InChI=1S/C21H20N2O6/c1-14-19(28-13-15-2-4-16(5-3-15)23(25)26)7-6-17-18(24)12-20(29-21(14)17)22-8-10-27-11-9-22/h2-7,12H,8-11,13H2,1H3. The largest absolute Gasteiger partial charge is 0.488 e. The number of fused-ring (bicyclic) bond motifs is 1. The number of anilines is 1. The molecule has 8 heteroatoms. The number of aryl methyl sites for hydroxylation is 1. The summed E-state index contributed by atoms with van der Waals surface area (Å²) in [5.41, 5.74) is 1.97. The van der Waals surface area contributed by atoms with Crippen molar-refractivity contribution in [2.24, 2.45) is 0 Å². The fourth-order valence-electron chi connectivity index (χ4n) is 3.29. The molecule has 0 radical (unpaired) electrons. The average Bonchev–Trinajstić information content (AvgIpc) is 2.74. The molecule has 0 N–H and O–H groups in total. The molecule has 8 nitrogen and oxygen atoms in total. The highest BCUT2D eigenvalue weighted by Gasteiger charge is 2.17. The minimum absolute atomic E-state index is 0.0352. The van der Waals surface area contributed by atoms with Gasteiger partial charge in [-0.3, -0.25) is 14.9 Å². The van der Waals surface area contributed by atoms with Gasteiger partial charge in [0.1, 0.15) is 17.9 Å². The smallest absolute Gasteiger partial charge is 0.269 e. The molecule has 1 aliphatic heterocycles. The predicted octanol–water partition coefficient (Wildman–Crippen LogP) is 3.43. The minimum atomic E-state index is -0.438. The lowest BCUT2D eigenvalue weighted by atomic mass is 10.1. The van der Waals surface area contributed by atoms with Crippen molar-refractivity contribution in [2.45, 2.75) is 13.5 Å². The van der Waals surface area contributed by atoms with E-state index in [9.17, 15) is 14.9 Å². The van der Waals surface area contributed by atoms with Crippen LogP contribution in [0.5, 0.6) is 5.75 Å². The van der Waals surface area contributed by atoms with E-state index in [2.05, 4.69) is 0 Å². The van der Waals surface area contributed by atoms with E-state index >= 15 is 0 Å². The number of nitro groups is 1. The van der Waals surface area contributed by atoms with Crippen LogP contribution in [-0.4, -0.2) is 31.2 Å². The highest BCUT2D eigenvalue weighted by Crippen LogP contribution is 2.29. The third kappa shape index (κ3) is 3.93. The van der Waals surface area contributed by atoms with Crippen molar-refractivity contribution in [3.05, 3.63) is 73.9 Å². The molecule has 1 fully saturated rings. The Morgan fingerprint density at radius 2 is 1.86 bits per heavy atom. The zero-order chi connectivity index (χ0) is 20.4. The van der Waals surface area contributed by atoms with E-state index in [0.717, 1.165) is 11.1 Å². The zero-order valence-electron chi connectivity index (χ0n) is 15.9. The molecule has 0 amide bonds. The van der Waals surface area contributed by atoms with Crippen LogP contribution < -0.4 is 15.1 Å². The molecule has 0 bridgehead atoms. The van der Waals surface area contributed by atoms with Crippen molar-refractivity contribution in [2.75, 3.05) is 31.2 Å². The molecule has 29 heavy (non-hydrogen) atoms. The second-order valence-electron chi connectivity index (χ2n) is 6.83. The molecule has 1 saturated heterocycles. The second-order valence-corrected chi connectivity index (χ2v) is 6.83. The van der Waals surface area contributed by atoms with Gasteiger partial charge in [-0.25, -0.2) is 0 Å².